The van der Waals surface area contributed by atoms with E-state index in [0.717, 1.165) is 24.0 Å². The molecular weight excluding hydrogens is 270 g/mol. The van der Waals surface area contributed by atoms with E-state index in [-0.39, 0.29) is 5.75 Å². The predicted octanol–water partition coefficient (Wildman–Crippen LogP) is 5.46. The van der Waals surface area contributed by atoms with Crippen molar-refractivity contribution in [3.05, 3.63) is 66.2 Å². The van der Waals surface area contributed by atoms with Gasteiger partial charge < -0.3 is 4.74 Å². The third kappa shape index (κ3) is 4.71. The van der Waals surface area contributed by atoms with Gasteiger partial charge >= 0.3 is 6.61 Å². The van der Waals surface area contributed by atoms with E-state index in [1.807, 2.05) is 19.1 Å². The Morgan fingerprint density at radius 1 is 0.952 bits per heavy atom. The highest BCUT2D eigenvalue weighted by Crippen LogP contribution is 2.23. The lowest BCUT2D eigenvalue weighted by Gasteiger charge is -2.07. The molecule has 0 fully saturated rings. The highest BCUT2D eigenvalue weighted by Gasteiger charge is 2.04. The zero-order chi connectivity index (χ0) is 15.1. The average molecular weight is 288 g/mol. The van der Waals surface area contributed by atoms with Crippen molar-refractivity contribution >= 4 is 0 Å². The molecule has 3 heteroatoms. The molecule has 0 saturated carbocycles. The van der Waals surface area contributed by atoms with Crippen LogP contribution in [0.15, 0.2) is 60.7 Å². The number of aryl methyl sites for hydroxylation is 1. The van der Waals surface area contributed by atoms with Crippen molar-refractivity contribution < 1.29 is 13.5 Å². The molecule has 110 valence electrons. The molecule has 0 radical (unpaired) electrons. The summed E-state index contributed by atoms with van der Waals surface area (Å²) < 4.78 is 28.5. The molecule has 2 rings (SSSR count). The molecule has 0 atom stereocenters. The van der Waals surface area contributed by atoms with Gasteiger partial charge in [-0.25, -0.2) is 0 Å². The van der Waals surface area contributed by atoms with Crippen molar-refractivity contribution in [2.75, 3.05) is 0 Å². The van der Waals surface area contributed by atoms with Gasteiger partial charge in [0.05, 0.1) is 0 Å². The first-order valence-electron chi connectivity index (χ1n) is 6.94. The lowest BCUT2D eigenvalue weighted by atomic mass is 10.0. The van der Waals surface area contributed by atoms with Crippen LogP contribution < -0.4 is 4.74 Å². The molecule has 0 aliphatic heterocycles. The molecule has 0 saturated heterocycles. The highest BCUT2D eigenvalue weighted by atomic mass is 19.3. The summed E-state index contributed by atoms with van der Waals surface area (Å²) in [5, 5.41) is 0. The molecule has 0 bridgehead atoms. The first-order chi connectivity index (χ1) is 10.2. The van der Waals surface area contributed by atoms with Gasteiger partial charge in [-0.05, 0) is 48.6 Å². The van der Waals surface area contributed by atoms with Crippen molar-refractivity contribution in [3.63, 3.8) is 0 Å². The van der Waals surface area contributed by atoms with Crippen molar-refractivity contribution in [2.24, 2.45) is 0 Å². The Hall–Kier alpha value is -2.16. The number of rotatable bonds is 6. The minimum absolute atomic E-state index is 0.178. The summed E-state index contributed by atoms with van der Waals surface area (Å²) in [5.74, 6) is 0.178. The van der Waals surface area contributed by atoms with Crippen LogP contribution in [-0.4, -0.2) is 6.61 Å². The summed E-state index contributed by atoms with van der Waals surface area (Å²) in [6.45, 7) is -0.767. The molecule has 0 amide bonds. The fourth-order valence-electron chi connectivity index (χ4n) is 2.11. The van der Waals surface area contributed by atoms with Gasteiger partial charge in [0, 0.05) is 0 Å². The maximum absolute atomic E-state index is 12.1. The van der Waals surface area contributed by atoms with E-state index in [9.17, 15) is 8.78 Å². The summed E-state index contributed by atoms with van der Waals surface area (Å²) in [4.78, 5) is 0. The van der Waals surface area contributed by atoms with Gasteiger partial charge in [-0.2, -0.15) is 8.78 Å². The lowest BCUT2D eigenvalue weighted by Crippen LogP contribution is -2.01. The molecule has 0 unspecified atom stereocenters. The summed E-state index contributed by atoms with van der Waals surface area (Å²) in [5.41, 5.74) is 3.33. The van der Waals surface area contributed by atoms with E-state index in [4.69, 9.17) is 0 Å². The van der Waals surface area contributed by atoms with Crippen molar-refractivity contribution in [1.82, 2.24) is 0 Å². The fourth-order valence-corrected chi connectivity index (χ4v) is 2.11. The molecule has 0 spiro atoms. The van der Waals surface area contributed by atoms with Crippen LogP contribution in [0, 0.1) is 0 Å². The van der Waals surface area contributed by atoms with E-state index in [2.05, 4.69) is 29.0 Å². The van der Waals surface area contributed by atoms with E-state index in [0.29, 0.717) is 0 Å². The Kier molecular flexibility index (Phi) is 5.50. The van der Waals surface area contributed by atoms with E-state index >= 15 is 0 Å². The maximum atomic E-state index is 12.1. The quantitative estimate of drug-likeness (QED) is 0.641. The Balaban J connectivity index is 2.04. The van der Waals surface area contributed by atoms with Gasteiger partial charge in [-0.3, -0.25) is 0 Å². The number of ether oxygens (including phenoxy) is 1. The first-order valence-corrected chi connectivity index (χ1v) is 6.94. The molecule has 2 aromatic carbocycles. The second kappa shape index (κ2) is 7.58. The topological polar surface area (TPSA) is 9.23 Å². The predicted molar refractivity (Wildman–Crippen MR) is 81.6 cm³/mol. The van der Waals surface area contributed by atoms with Crippen LogP contribution in [0.2, 0.25) is 0 Å². The van der Waals surface area contributed by atoms with Crippen molar-refractivity contribution in [1.29, 1.82) is 0 Å². The van der Waals surface area contributed by atoms with Crippen LogP contribution in [0.1, 0.15) is 18.9 Å². The van der Waals surface area contributed by atoms with Crippen LogP contribution >= 0.6 is 0 Å². The molecule has 0 aromatic heterocycles. The zero-order valence-corrected chi connectivity index (χ0v) is 11.9. The lowest BCUT2D eigenvalue weighted by molar-refractivity contribution is -0.0498. The van der Waals surface area contributed by atoms with Gasteiger partial charge in [-0.1, -0.05) is 48.6 Å². The molecule has 21 heavy (non-hydrogen) atoms. The normalized spacial score (nSPS) is 11.2. The maximum Gasteiger partial charge on any atom is 0.387 e. The minimum Gasteiger partial charge on any atom is -0.435 e. The van der Waals surface area contributed by atoms with Gasteiger partial charge in [0.25, 0.3) is 0 Å². The van der Waals surface area contributed by atoms with Crippen LogP contribution in [-0.2, 0) is 6.42 Å². The van der Waals surface area contributed by atoms with E-state index < -0.39 is 6.61 Å². The molecule has 0 aliphatic rings. The SMILES string of the molecule is CC=CCCc1ccc(-c2ccc(OC(F)F)cc2)cc1. The third-order valence-electron chi connectivity index (χ3n) is 3.20. The number of benzene rings is 2. The van der Waals surface area contributed by atoms with Crippen LogP contribution in [0.25, 0.3) is 11.1 Å². The number of alkyl halides is 2. The second-order valence-electron chi connectivity index (χ2n) is 4.71. The van der Waals surface area contributed by atoms with Crippen LogP contribution in [0.4, 0.5) is 8.78 Å². The molecule has 2 aromatic rings. The van der Waals surface area contributed by atoms with Crippen molar-refractivity contribution in [3.8, 4) is 16.9 Å². The first kappa shape index (κ1) is 15.2. The monoisotopic (exact) mass is 288 g/mol. The summed E-state index contributed by atoms with van der Waals surface area (Å²) in [6, 6.07) is 15.0. The molecule has 0 heterocycles. The van der Waals surface area contributed by atoms with Gasteiger partial charge in [-0.15, -0.1) is 0 Å². The minimum atomic E-state index is -2.78. The fraction of sp³-hybridized carbons (Fsp3) is 0.222. The van der Waals surface area contributed by atoms with Crippen LogP contribution in [0.3, 0.4) is 0 Å². The summed E-state index contributed by atoms with van der Waals surface area (Å²) in [6.07, 6.45) is 6.26. The number of hydrogen-bond acceptors (Lipinski definition) is 1. The summed E-state index contributed by atoms with van der Waals surface area (Å²) >= 11 is 0. The Morgan fingerprint density at radius 3 is 2.05 bits per heavy atom. The number of halogens is 2. The smallest absolute Gasteiger partial charge is 0.387 e. The summed E-state index contributed by atoms with van der Waals surface area (Å²) in [7, 11) is 0. The number of allylic oxidation sites excluding steroid dienone is 2. The Morgan fingerprint density at radius 2 is 1.52 bits per heavy atom. The van der Waals surface area contributed by atoms with Gasteiger partial charge in [0.15, 0.2) is 0 Å². The zero-order valence-electron chi connectivity index (χ0n) is 11.9. The molecular formula is C18H18F2O. The van der Waals surface area contributed by atoms with Crippen LogP contribution in [0.5, 0.6) is 5.75 Å². The van der Waals surface area contributed by atoms with E-state index in [1.54, 1.807) is 24.3 Å². The van der Waals surface area contributed by atoms with Gasteiger partial charge in [0.1, 0.15) is 5.75 Å². The van der Waals surface area contributed by atoms with Crippen molar-refractivity contribution in [2.45, 2.75) is 26.4 Å². The van der Waals surface area contributed by atoms with Gasteiger partial charge in [0.2, 0.25) is 0 Å². The number of hydrogen-bond donors (Lipinski definition) is 0. The Bertz CT molecular complexity index is 571. The average Bonchev–Trinajstić information content (AvgIpc) is 2.49. The van der Waals surface area contributed by atoms with E-state index in [1.165, 1.54) is 5.56 Å². The molecule has 1 nitrogen and oxygen atoms in total. The third-order valence-corrected chi connectivity index (χ3v) is 3.20. The molecule has 0 N–H and O–H groups in total. The largest absolute Gasteiger partial charge is 0.435 e. The second-order valence-corrected chi connectivity index (χ2v) is 4.71. The standard InChI is InChI=1S/C18H18F2O/c1-2-3-4-5-14-6-8-15(9-7-14)16-10-12-17(13-11-16)21-18(19)20/h2-3,6-13,18H,4-5H2,1H3. The highest BCUT2D eigenvalue weighted by molar-refractivity contribution is 5.64. The Labute approximate surface area is 123 Å². The molecule has 0 aliphatic carbocycles.